The Morgan fingerprint density at radius 3 is 2.63 bits per heavy atom. The van der Waals surface area contributed by atoms with Crippen LogP contribution in [-0.4, -0.2) is 41.9 Å². The minimum absolute atomic E-state index is 0.355. The molecule has 0 aliphatic carbocycles. The van der Waals surface area contributed by atoms with Gasteiger partial charge in [0, 0.05) is 29.8 Å². The van der Waals surface area contributed by atoms with Crippen molar-refractivity contribution in [2.75, 3.05) is 12.4 Å². The summed E-state index contributed by atoms with van der Waals surface area (Å²) >= 11 is 0. The van der Waals surface area contributed by atoms with Crippen LogP contribution < -0.4 is 10.1 Å². The standard InChI is InChI=1S/C21H23N7O2/c1-13-9-19(27-26-13)21(3,29)18-7-8-22-20(25-18)24-15-5-6-16(17(10-15)30-4)28-11-14(2)23-12-28/h5-12,29H,1-4H3,(H,26,27)(H,22,24,25). The first kappa shape index (κ1) is 19.6. The van der Waals surface area contributed by atoms with Gasteiger partial charge in [-0.3, -0.25) is 5.10 Å². The van der Waals surface area contributed by atoms with E-state index in [1.165, 1.54) is 0 Å². The lowest BCUT2D eigenvalue weighted by Crippen LogP contribution is -2.25. The third kappa shape index (κ3) is 3.74. The molecule has 0 saturated heterocycles. The molecule has 0 spiro atoms. The topological polar surface area (TPSA) is 114 Å². The first-order chi connectivity index (χ1) is 14.4. The lowest BCUT2D eigenvalue weighted by atomic mass is 9.98. The van der Waals surface area contributed by atoms with E-state index in [-0.39, 0.29) is 0 Å². The SMILES string of the molecule is COc1cc(Nc2nccc(C(C)(O)c3cc(C)[nH]n3)n2)ccc1-n1cnc(C)c1. The Morgan fingerprint density at radius 1 is 1.13 bits per heavy atom. The van der Waals surface area contributed by atoms with Gasteiger partial charge >= 0.3 is 0 Å². The van der Waals surface area contributed by atoms with Gasteiger partial charge in [-0.05, 0) is 45.0 Å². The number of hydrogen-bond acceptors (Lipinski definition) is 7. The number of anilines is 2. The molecule has 0 saturated carbocycles. The first-order valence-corrected chi connectivity index (χ1v) is 9.41. The second kappa shape index (κ2) is 7.60. The van der Waals surface area contributed by atoms with E-state index in [1.807, 2.05) is 42.8 Å². The van der Waals surface area contributed by atoms with E-state index in [9.17, 15) is 5.11 Å². The monoisotopic (exact) mass is 405 g/mol. The largest absolute Gasteiger partial charge is 0.494 e. The van der Waals surface area contributed by atoms with Crippen LogP contribution in [0.3, 0.4) is 0 Å². The van der Waals surface area contributed by atoms with E-state index in [4.69, 9.17) is 4.74 Å². The van der Waals surface area contributed by atoms with Gasteiger partial charge < -0.3 is 19.7 Å². The number of aromatic nitrogens is 6. The number of imidazole rings is 1. The third-order valence-electron chi connectivity index (χ3n) is 4.78. The van der Waals surface area contributed by atoms with Crippen molar-refractivity contribution < 1.29 is 9.84 Å². The van der Waals surface area contributed by atoms with E-state index in [0.717, 1.165) is 22.8 Å². The summed E-state index contributed by atoms with van der Waals surface area (Å²) in [4.78, 5) is 13.0. The van der Waals surface area contributed by atoms with Crippen molar-refractivity contribution >= 4 is 11.6 Å². The summed E-state index contributed by atoms with van der Waals surface area (Å²) in [5.41, 5.74) is 2.97. The fourth-order valence-corrected chi connectivity index (χ4v) is 3.14. The number of aryl methyl sites for hydroxylation is 2. The van der Waals surface area contributed by atoms with Gasteiger partial charge in [-0.15, -0.1) is 0 Å². The number of nitrogens with one attached hydrogen (secondary N) is 2. The fraction of sp³-hybridized carbons (Fsp3) is 0.238. The molecule has 0 amide bonds. The fourth-order valence-electron chi connectivity index (χ4n) is 3.14. The Bertz CT molecular complexity index is 1180. The van der Waals surface area contributed by atoms with Crippen LogP contribution in [0.2, 0.25) is 0 Å². The quantitative estimate of drug-likeness (QED) is 0.452. The van der Waals surface area contributed by atoms with Crippen molar-refractivity contribution in [1.29, 1.82) is 0 Å². The van der Waals surface area contributed by atoms with Crippen molar-refractivity contribution in [2.45, 2.75) is 26.4 Å². The minimum atomic E-state index is -1.36. The summed E-state index contributed by atoms with van der Waals surface area (Å²) in [7, 11) is 1.62. The summed E-state index contributed by atoms with van der Waals surface area (Å²) < 4.78 is 7.45. The van der Waals surface area contributed by atoms with Gasteiger partial charge in [-0.1, -0.05) is 0 Å². The van der Waals surface area contributed by atoms with Crippen LogP contribution in [0.4, 0.5) is 11.6 Å². The molecule has 4 aromatic rings. The zero-order valence-electron chi connectivity index (χ0n) is 17.2. The van der Waals surface area contributed by atoms with Crippen LogP contribution in [0, 0.1) is 13.8 Å². The van der Waals surface area contributed by atoms with E-state index in [1.54, 1.807) is 38.7 Å². The summed E-state index contributed by atoms with van der Waals surface area (Å²) in [6, 6.07) is 9.14. The highest BCUT2D eigenvalue weighted by Gasteiger charge is 2.30. The Balaban J connectivity index is 1.61. The van der Waals surface area contributed by atoms with Crippen molar-refractivity contribution in [1.82, 2.24) is 29.7 Å². The Labute approximate surface area is 173 Å². The van der Waals surface area contributed by atoms with Crippen molar-refractivity contribution in [2.24, 2.45) is 0 Å². The molecule has 3 N–H and O–H groups in total. The molecule has 3 heterocycles. The van der Waals surface area contributed by atoms with E-state index in [2.05, 4.69) is 30.5 Å². The molecule has 0 aliphatic heterocycles. The van der Waals surface area contributed by atoms with Gasteiger partial charge in [-0.25, -0.2) is 15.0 Å². The Kier molecular flexibility index (Phi) is 4.96. The number of ether oxygens (including phenoxy) is 1. The smallest absolute Gasteiger partial charge is 0.227 e. The molecule has 1 aromatic carbocycles. The number of methoxy groups -OCH3 is 1. The molecule has 0 aliphatic rings. The van der Waals surface area contributed by atoms with E-state index in [0.29, 0.717) is 23.1 Å². The predicted octanol–water partition coefficient (Wildman–Crippen LogP) is 3.01. The molecule has 4 rings (SSSR count). The molecule has 1 unspecified atom stereocenters. The highest BCUT2D eigenvalue weighted by molar-refractivity contribution is 5.62. The maximum Gasteiger partial charge on any atom is 0.227 e. The molecule has 9 nitrogen and oxygen atoms in total. The van der Waals surface area contributed by atoms with Crippen molar-refractivity contribution in [3.8, 4) is 11.4 Å². The predicted molar refractivity (Wildman–Crippen MR) is 112 cm³/mol. The second-order valence-corrected chi connectivity index (χ2v) is 7.21. The molecular formula is C21H23N7O2. The number of hydrogen-bond donors (Lipinski definition) is 3. The molecule has 9 heteroatoms. The van der Waals surface area contributed by atoms with Crippen LogP contribution in [0.5, 0.6) is 5.75 Å². The molecule has 30 heavy (non-hydrogen) atoms. The van der Waals surface area contributed by atoms with Crippen LogP contribution in [-0.2, 0) is 5.60 Å². The average molecular weight is 405 g/mol. The Hall–Kier alpha value is -3.72. The van der Waals surface area contributed by atoms with Gasteiger partial charge in [0.15, 0.2) is 0 Å². The highest BCUT2D eigenvalue weighted by Crippen LogP contribution is 2.30. The maximum absolute atomic E-state index is 11.0. The molecule has 0 fully saturated rings. The van der Waals surface area contributed by atoms with Gasteiger partial charge in [-0.2, -0.15) is 5.10 Å². The molecule has 3 aromatic heterocycles. The normalized spacial score (nSPS) is 13.1. The zero-order valence-corrected chi connectivity index (χ0v) is 17.2. The number of aromatic amines is 1. The lowest BCUT2D eigenvalue weighted by Gasteiger charge is -2.20. The number of aliphatic hydroxyl groups is 1. The van der Waals surface area contributed by atoms with E-state index >= 15 is 0 Å². The van der Waals surface area contributed by atoms with Crippen molar-refractivity contribution in [3.05, 3.63) is 71.8 Å². The van der Waals surface area contributed by atoms with Crippen LogP contribution in [0.15, 0.2) is 49.1 Å². The molecule has 0 radical (unpaired) electrons. The maximum atomic E-state index is 11.0. The van der Waals surface area contributed by atoms with Gasteiger partial charge in [0.05, 0.1) is 36.2 Å². The van der Waals surface area contributed by atoms with Gasteiger partial charge in [0.2, 0.25) is 5.95 Å². The summed E-state index contributed by atoms with van der Waals surface area (Å²) in [5, 5.41) is 21.1. The lowest BCUT2D eigenvalue weighted by molar-refractivity contribution is 0.0925. The highest BCUT2D eigenvalue weighted by atomic mass is 16.5. The first-order valence-electron chi connectivity index (χ1n) is 9.41. The number of rotatable bonds is 6. The average Bonchev–Trinajstić information content (AvgIpc) is 3.37. The summed E-state index contributed by atoms with van der Waals surface area (Å²) in [6.45, 7) is 5.46. The second-order valence-electron chi connectivity index (χ2n) is 7.21. The summed E-state index contributed by atoms with van der Waals surface area (Å²) in [6.07, 6.45) is 5.26. The number of benzene rings is 1. The van der Waals surface area contributed by atoms with E-state index < -0.39 is 5.60 Å². The van der Waals surface area contributed by atoms with Gasteiger partial charge in [0.25, 0.3) is 0 Å². The molecule has 1 atom stereocenters. The number of H-pyrrole nitrogens is 1. The van der Waals surface area contributed by atoms with Crippen LogP contribution in [0.25, 0.3) is 5.69 Å². The summed E-state index contributed by atoms with van der Waals surface area (Å²) in [5.74, 6) is 1.03. The van der Waals surface area contributed by atoms with Crippen LogP contribution in [0.1, 0.15) is 29.7 Å². The minimum Gasteiger partial charge on any atom is -0.494 e. The third-order valence-corrected chi connectivity index (χ3v) is 4.78. The molecule has 154 valence electrons. The Morgan fingerprint density at radius 2 is 1.97 bits per heavy atom. The van der Waals surface area contributed by atoms with Crippen molar-refractivity contribution in [3.63, 3.8) is 0 Å². The zero-order chi connectivity index (χ0) is 21.3. The van der Waals surface area contributed by atoms with Crippen LogP contribution >= 0.6 is 0 Å². The van der Waals surface area contributed by atoms with Gasteiger partial charge in [0.1, 0.15) is 11.4 Å². The number of nitrogens with zero attached hydrogens (tertiary/aromatic N) is 5. The molecule has 0 bridgehead atoms. The molecular weight excluding hydrogens is 382 g/mol.